The minimum atomic E-state index is -2.86. The third-order valence-corrected chi connectivity index (χ3v) is 4.35. The van der Waals surface area contributed by atoms with E-state index in [1.165, 1.54) is 35.5 Å². The van der Waals surface area contributed by atoms with Crippen molar-refractivity contribution in [3.05, 3.63) is 59.7 Å². The lowest BCUT2D eigenvalue weighted by atomic mass is 10.1. The second-order valence-electron chi connectivity index (χ2n) is 5.97. The molecule has 1 saturated heterocycles. The fourth-order valence-corrected chi connectivity index (χ4v) is 3.03. The Morgan fingerprint density at radius 2 is 1.64 bits per heavy atom. The average Bonchev–Trinajstić information content (AvgIpc) is 2.62. The van der Waals surface area contributed by atoms with Crippen molar-refractivity contribution in [2.45, 2.75) is 13.5 Å². The number of anilines is 1. The first-order chi connectivity index (χ1) is 12.0. The maximum Gasteiger partial charge on any atom is 0.387 e. The van der Waals surface area contributed by atoms with E-state index in [1.54, 1.807) is 4.90 Å². The summed E-state index contributed by atoms with van der Waals surface area (Å²) >= 11 is 0. The highest BCUT2D eigenvalue weighted by Crippen LogP contribution is 2.22. The van der Waals surface area contributed by atoms with E-state index >= 15 is 0 Å². The second-order valence-corrected chi connectivity index (χ2v) is 5.97. The Kier molecular flexibility index (Phi) is 5.16. The average molecular weight is 346 g/mol. The van der Waals surface area contributed by atoms with Crippen LogP contribution in [0.4, 0.5) is 14.5 Å². The number of nitrogens with zero attached hydrogens (tertiary/aromatic N) is 2. The van der Waals surface area contributed by atoms with E-state index in [4.69, 9.17) is 0 Å². The third-order valence-electron chi connectivity index (χ3n) is 4.35. The van der Waals surface area contributed by atoms with Crippen LogP contribution in [-0.4, -0.2) is 43.6 Å². The van der Waals surface area contributed by atoms with Gasteiger partial charge in [-0.2, -0.15) is 8.78 Å². The molecule has 4 nitrogen and oxygen atoms in total. The maximum atomic E-state index is 12.6. The van der Waals surface area contributed by atoms with Crippen LogP contribution >= 0.6 is 0 Å². The van der Waals surface area contributed by atoms with Crippen molar-refractivity contribution < 1.29 is 18.3 Å². The number of benzene rings is 2. The highest BCUT2D eigenvalue weighted by atomic mass is 19.3. The highest BCUT2D eigenvalue weighted by Gasteiger charge is 2.23. The number of ether oxygens (including phenoxy) is 1. The van der Waals surface area contributed by atoms with Crippen LogP contribution in [-0.2, 0) is 0 Å². The number of carbonyl (C=O) groups excluding carboxylic acids is 1. The van der Waals surface area contributed by atoms with E-state index in [9.17, 15) is 13.6 Å². The number of amides is 1. The first kappa shape index (κ1) is 17.2. The van der Waals surface area contributed by atoms with Gasteiger partial charge in [0.05, 0.1) is 0 Å². The van der Waals surface area contributed by atoms with Gasteiger partial charge in [0.25, 0.3) is 5.91 Å². The van der Waals surface area contributed by atoms with Gasteiger partial charge in [0, 0.05) is 37.4 Å². The van der Waals surface area contributed by atoms with E-state index < -0.39 is 6.61 Å². The first-order valence-electron chi connectivity index (χ1n) is 8.19. The molecule has 25 heavy (non-hydrogen) atoms. The summed E-state index contributed by atoms with van der Waals surface area (Å²) in [5.41, 5.74) is 2.89. The number of carbonyl (C=O) groups is 1. The molecule has 0 N–H and O–H groups in total. The SMILES string of the molecule is Cc1ccccc1N1CCN(C(=O)c2ccc(OC(F)F)cc2)CC1. The zero-order valence-electron chi connectivity index (χ0n) is 14.0. The van der Waals surface area contributed by atoms with Gasteiger partial charge in [-0.05, 0) is 42.8 Å². The van der Waals surface area contributed by atoms with Crippen LogP contribution in [0.15, 0.2) is 48.5 Å². The Balaban J connectivity index is 1.61. The molecule has 2 aromatic carbocycles. The molecule has 3 rings (SSSR count). The number of hydrogen-bond donors (Lipinski definition) is 0. The number of piperazine rings is 1. The number of para-hydroxylation sites is 1. The minimum Gasteiger partial charge on any atom is -0.435 e. The molecule has 132 valence electrons. The van der Waals surface area contributed by atoms with Crippen LogP contribution in [0, 0.1) is 6.92 Å². The highest BCUT2D eigenvalue weighted by molar-refractivity contribution is 5.94. The summed E-state index contributed by atoms with van der Waals surface area (Å²) in [7, 11) is 0. The Hall–Kier alpha value is -2.63. The van der Waals surface area contributed by atoms with E-state index in [0.717, 1.165) is 13.1 Å². The summed E-state index contributed by atoms with van der Waals surface area (Å²) in [6.07, 6.45) is 0. The summed E-state index contributed by atoms with van der Waals surface area (Å²) in [4.78, 5) is 16.6. The molecule has 2 aromatic rings. The van der Waals surface area contributed by atoms with Crippen LogP contribution < -0.4 is 9.64 Å². The summed E-state index contributed by atoms with van der Waals surface area (Å²) in [5.74, 6) is -0.0380. The Labute approximate surface area is 145 Å². The molecule has 1 amide bonds. The van der Waals surface area contributed by atoms with Gasteiger partial charge in [-0.15, -0.1) is 0 Å². The fraction of sp³-hybridized carbons (Fsp3) is 0.316. The zero-order chi connectivity index (χ0) is 17.8. The molecule has 0 unspecified atom stereocenters. The quantitative estimate of drug-likeness (QED) is 0.849. The number of halogens is 2. The summed E-state index contributed by atoms with van der Waals surface area (Å²) in [5, 5.41) is 0. The van der Waals surface area contributed by atoms with Crippen molar-refractivity contribution in [2.75, 3.05) is 31.1 Å². The molecule has 0 spiro atoms. The second kappa shape index (κ2) is 7.51. The molecular weight excluding hydrogens is 326 g/mol. The van der Waals surface area contributed by atoms with Crippen LogP contribution in [0.5, 0.6) is 5.75 Å². The predicted octanol–water partition coefficient (Wildman–Crippen LogP) is 3.56. The lowest BCUT2D eigenvalue weighted by Gasteiger charge is -2.36. The van der Waals surface area contributed by atoms with Crippen molar-refractivity contribution in [2.24, 2.45) is 0 Å². The van der Waals surface area contributed by atoms with Crippen molar-refractivity contribution in [3.8, 4) is 5.75 Å². The van der Waals surface area contributed by atoms with Gasteiger partial charge < -0.3 is 14.5 Å². The van der Waals surface area contributed by atoms with Gasteiger partial charge in [0.15, 0.2) is 0 Å². The summed E-state index contributed by atoms with van der Waals surface area (Å²) < 4.78 is 28.7. The summed E-state index contributed by atoms with van der Waals surface area (Å²) in [6.45, 7) is 2.00. The predicted molar refractivity (Wildman–Crippen MR) is 92.4 cm³/mol. The lowest BCUT2D eigenvalue weighted by molar-refractivity contribution is -0.0498. The van der Waals surface area contributed by atoms with Crippen molar-refractivity contribution in [3.63, 3.8) is 0 Å². The summed E-state index contributed by atoms with van der Waals surface area (Å²) in [6, 6.07) is 14.0. The van der Waals surface area contributed by atoms with Gasteiger partial charge in [-0.25, -0.2) is 0 Å². The van der Waals surface area contributed by atoms with Crippen LogP contribution in [0.1, 0.15) is 15.9 Å². The maximum absolute atomic E-state index is 12.6. The van der Waals surface area contributed by atoms with Gasteiger partial charge in [-0.3, -0.25) is 4.79 Å². The standard InChI is InChI=1S/C19H20F2N2O2/c1-14-4-2-3-5-17(14)22-10-12-23(13-11-22)18(24)15-6-8-16(9-7-15)25-19(20)21/h2-9,19H,10-13H2,1H3. The Bertz CT molecular complexity index is 726. The van der Waals surface area contributed by atoms with Crippen molar-refractivity contribution >= 4 is 11.6 Å². The lowest BCUT2D eigenvalue weighted by Crippen LogP contribution is -2.49. The largest absolute Gasteiger partial charge is 0.435 e. The van der Waals surface area contributed by atoms with E-state index in [0.29, 0.717) is 18.7 Å². The molecule has 6 heteroatoms. The zero-order valence-corrected chi connectivity index (χ0v) is 14.0. The molecule has 0 radical (unpaired) electrons. The Morgan fingerprint density at radius 1 is 1.00 bits per heavy atom. The van der Waals surface area contributed by atoms with Crippen LogP contribution in [0.25, 0.3) is 0 Å². The fourth-order valence-electron chi connectivity index (χ4n) is 3.03. The van der Waals surface area contributed by atoms with E-state index in [-0.39, 0.29) is 11.7 Å². The van der Waals surface area contributed by atoms with Gasteiger partial charge in [0.1, 0.15) is 5.75 Å². The number of hydrogen-bond acceptors (Lipinski definition) is 3. The van der Waals surface area contributed by atoms with Crippen molar-refractivity contribution in [1.82, 2.24) is 4.90 Å². The molecular formula is C19H20F2N2O2. The molecule has 1 aliphatic rings. The van der Waals surface area contributed by atoms with Gasteiger partial charge >= 0.3 is 6.61 Å². The van der Waals surface area contributed by atoms with Gasteiger partial charge in [-0.1, -0.05) is 18.2 Å². The number of rotatable bonds is 4. The molecule has 1 fully saturated rings. The van der Waals surface area contributed by atoms with Crippen LogP contribution in [0.3, 0.4) is 0 Å². The number of alkyl halides is 2. The monoisotopic (exact) mass is 346 g/mol. The smallest absolute Gasteiger partial charge is 0.387 e. The molecule has 1 heterocycles. The molecule has 0 aliphatic carbocycles. The first-order valence-corrected chi connectivity index (χ1v) is 8.19. The third kappa shape index (κ3) is 4.07. The molecule has 0 aromatic heterocycles. The molecule has 0 atom stereocenters. The van der Waals surface area contributed by atoms with Crippen LogP contribution in [0.2, 0.25) is 0 Å². The van der Waals surface area contributed by atoms with Gasteiger partial charge in [0.2, 0.25) is 0 Å². The molecule has 1 aliphatic heterocycles. The molecule has 0 bridgehead atoms. The van der Waals surface area contributed by atoms with Crippen molar-refractivity contribution in [1.29, 1.82) is 0 Å². The topological polar surface area (TPSA) is 32.8 Å². The van der Waals surface area contributed by atoms with E-state index in [2.05, 4.69) is 28.7 Å². The Morgan fingerprint density at radius 3 is 2.24 bits per heavy atom. The normalized spacial score (nSPS) is 14.7. The molecule has 0 saturated carbocycles. The number of aryl methyl sites for hydroxylation is 1. The van der Waals surface area contributed by atoms with E-state index in [1.807, 2.05) is 12.1 Å². The minimum absolute atomic E-state index is 0.0518.